The third-order valence-corrected chi connectivity index (χ3v) is 0.787. The van der Waals surface area contributed by atoms with Gasteiger partial charge in [0.2, 0.25) is 0 Å². The van der Waals surface area contributed by atoms with Crippen LogP contribution in [0.3, 0.4) is 0 Å². The maximum atomic E-state index is 9.45. The maximum absolute atomic E-state index is 9.45. The van der Waals surface area contributed by atoms with Crippen molar-refractivity contribution in [2.24, 2.45) is 0 Å². The van der Waals surface area contributed by atoms with Gasteiger partial charge in [-0.3, -0.25) is 0 Å². The van der Waals surface area contributed by atoms with Gasteiger partial charge in [0.25, 0.3) is 0 Å². The topological polar surface area (TPSA) is 20.2 Å². The summed E-state index contributed by atoms with van der Waals surface area (Å²) in [4.78, 5) is 0. The van der Waals surface area contributed by atoms with Crippen LogP contribution in [0.2, 0.25) is 0 Å². The Hall–Kier alpha value is -0.560. The van der Waals surface area contributed by atoms with Gasteiger partial charge in [0.1, 0.15) is 0 Å². The van der Waals surface area contributed by atoms with Crippen molar-refractivity contribution in [2.45, 2.75) is 26.8 Å². The Kier molecular flexibility index (Phi) is 1.16. The molecule has 1 heteroatoms. The third-order valence-electron chi connectivity index (χ3n) is 0.787. The molecule has 0 aromatic heterocycles. The number of rotatable bonds is 2. The van der Waals surface area contributed by atoms with E-state index in [0.29, 0.717) is 0 Å². The first-order valence-corrected chi connectivity index (χ1v) is 2.67. The van der Waals surface area contributed by atoms with Crippen molar-refractivity contribution in [3.8, 4) is 0 Å². The van der Waals surface area contributed by atoms with Gasteiger partial charge in [0.05, 0.1) is 8.85 Å². The fraction of sp³-hybridized carbons (Fsp3) is 0.500. The smallest absolute Gasteiger partial charge is 0.0928 e. The fourth-order valence-corrected chi connectivity index (χ4v) is 0.399. The number of hydrogen-bond acceptors (Lipinski definition) is 1. The second-order valence-corrected chi connectivity index (χ2v) is 2.10. The Morgan fingerprint density at radius 2 is 2.56 bits per heavy atom. The van der Waals surface area contributed by atoms with Gasteiger partial charge in [0, 0.05) is 4.11 Å². The Morgan fingerprint density at radius 1 is 1.89 bits per heavy atom. The van der Waals surface area contributed by atoms with Crippen LogP contribution in [0.1, 0.15) is 27.6 Å². The van der Waals surface area contributed by atoms with Crippen LogP contribution >= 0.6 is 0 Å². The van der Waals surface area contributed by atoms with Gasteiger partial charge >= 0.3 is 0 Å². The molecule has 1 N–H and O–H groups in total. The molecule has 0 saturated carbocycles. The van der Waals surface area contributed by atoms with E-state index in [0.717, 1.165) is 5.57 Å². The molecule has 0 radical (unpaired) electrons. The summed E-state index contributed by atoms with van der Waals surface area (Å²) >= 11 is 0. The van der Waals surface area contributed by atoms with E-state index >= 15 is 0 Å². The summed E-state index contributed by atoms with van der Waals surface area (Å²) in [5.74, 6) is 0. The van der Waals surface area contributed by atoms with Crippen molar-refractivity contribution in [3.63, 3.8) is 0 Å². The summed E-state index contributed by atoms with van der Waals surface area (Å²) in [7, 11) is 0. The highest BCUT2D eigenvalue weighted by atomic mass is 16.3. The molecular formula is C8H14O. The standard InChI is InChI=1S/C8H14O/c1-6(2)5-8(9)7(3)4/h5,8-9H,3H2,1-2,4H3/i3D2,4D3. The van der Waals surface area contributed by atoms with E-state index in [-0.39, 0.29) is 0 Å². The van der Waals surface area contributed by atoms with Crippen molar-refractivity contribution in [1.29, 1.82) is 0 Å². The molecule has 0 aromatic rings. The van der Waals surface area contributed by atoms with Gasteiger partial charge < -0.3 is 5.11 Å². The molecule has 0 amide bonds. The van der Waals surface area contributed by atoms with Gasteiger partial charge in [-0.15, -0.1) is 0 Å². The van der Waals surface area contributed by atoms with Crippen molar-refractivity contribution in [3.05, 3.63) is 23.8 Å². The second kappa shape index (κ2) is 3.46. The zero-order valence-electron chi connectivity index (χ0n) is 10.6. The van der Waals surface area contributed by atoms with Crippen LogP contribution in [0.4, 0.5) is 0 Å². The minimum Gasteiger partial charge on any atom is -0.385 e. The molecule has 0 aliphatic heterocycles. The molecule has 0 heterocycles. The lowest BCUT2D eigenvalue weighted by Gasteiger charge is -2.03. The second-order valence-electron chi connectivity index (χ2n) is 2.10. The number of aliphatic hydroxyl groups excluding tert-OH is 1. The molecule has 0 aromatic carbocycles. The Labute approximate surface area is 63.7 Å². The van der Waals surface area contributed by atoms with E-state index in [9.17, 15) is 5.11 Å². The van der Waals surface area contributed by atoms with Gasteiger partial charge in [-0.2, -0.15) is 0 Å². The maximum Gasteiger partial charge on any atom is 0.0928 e. The fourth-order valence-electron chi connectivity index (χ4n) is 0.399. The average Bonchev–Trinajstić information content (AvgIpc) is 1.78. The van der Waals surface area contributed by atoms with Crippen LogP contribution in [0.5, 0.6) is 0 Å². The van der Waals surface area contributed by atoms with Crippen LogP contribution in [-0.2, 0) is 0 Å². The molecule has 1 unspecified atom stereocenters. The molecule has 0 fully saturated rings. The number of allylic oxidation sites excluding steroid dienone is 1. The SMILES string of the molecule is [2H]C([2H])=C(C(O)C=C(C)C)C([2H])([2H])[2H]. The minimum atomic E-state index is -2.59. The van der Waals surface area contributed by atoms with Crippen molar-refractivity contribution in [2.75, 3.05) is 0 Å². The molecule has 0 saturated heterocycles. The van der Waals surface area contributed by atoms with Gasteiger partial charge in [-0.1, -0.05) is 18.2 Å². The quantitative estimate of drug-likeness (QED) is 0.567. The summed E-state index contributed by atoms with van der Waals surface area (Å²) in [6.45, 7) is -0.0403. The highest BCUT2D eigenvalue weighted by Gasteiger charge is 1.96. The molecular weight excluding hydrogens is 112 g/mol. The zero-order valence-corrected chi connectivity index (χ0v) is 5.60. The Balaban J connectivity index is 5.09. The van der Waals surface area contributed by atoms with Crippen molar-refractivity contribution < 1.29 is 12.0 Å². The average molecular weight is 131 g/mol. The molecule has 0 rings (SSSR count). The van der Waals surface area contributed by atoms with Crippen LogP contribution in [0.25, 0.3) is 0 Å². The molecule has 0 spiro atoms. The lowest BCUT2D eigenvalue weighted by molar-refractivity contribution is 0.259. The number of aliphatic hydroxyl groups is 1. The predicted molar refractivity (Wildman–Crippen MR) is 40.3 cm³/mol. The molecule has 1 atom stereocenters. The summed E-state index contributed by atoms with van der Waals surface area (Å²) < 4.78 is 35.0. The third kappa shape index (κ3) is 3.98. The van der Waals surface area contributed by atoms with Gasteiger partial charge in [-0.05, 0) is 26.3 Å². The van der Waals surface area contributed by atoms with Gasteiger partial charge in [-0.25, -0.2) is 0 Å². The van der Waals surface area contributed by atoms with E-state index in [2.05, 4.69) is 0 Å². The Bertz CT molecular complexity index is 255. The first-order chi connectivity index (χ1) is 6.16. The zero-order chi connectivity index (χ0) is 11.5. The monoisotopic (exact) mass is 131 g/mol. The van der Waals surface area contributed by atoms with E-state index < -0.39 is 25.1 Å². The highest BCUT2D eigenvalue weighted by molar-refractivity contribution is 5.11. The van der Waals surface area contributed by atoms with E-state index in [1.54, 1.807) is 13.8 Å². The largest absolute Gasteiger partial charge is 0.385 e. The summed E-state index contributed by atoms with van der Waals surface area (Å²) in [6, 6.07) is 0. The van der Waals surface area contributed by atoms with Crippen molar-refractivity contribution in [1.82, 2.24) is 0 Å². The lowest BCUT2D eigenvalue weighted by atomic mass is 10.1. The van der Waals surface area contributed by atoms with Crippen LogP contribution in [0.15, 0.2) is 23.8 Å². The van der Waals surface area contributed by atoms with Gasteiger partial charge in [0.15, 0.2) is 0 Å². The molecule has 1 nitrogen and oxygen atoms in total. The van der Waals surface area contributed by atoms with Crippen LogP contribution in [-0.4, -0.2) is 11.2 Å². The molecule has 52 valence electrons. The van der Waals surface area contributed by atoms with E-state index in [1.165, 1.54) is 6.08 Å². The molecule has 0 aliphatic carbocycles. The van der Waals surface area contributed by atoms with Crippen LogP contribution < -0.4 is 0 Å². The van der Waals surface area contributed by atoms with Crippen molar-refractivity contribution >= 4 is 0 Å². The molecule has 0 bridgehead atoms. The first-order valence-electron chi connectivity index (χ1n) is 5.17. The molecule has 0 aliphatic rings. The van der Waals surface area contributed by atoms with E-state index in [4.69, 9.17) is 6.85 Å². The van der Waals surface area contributed by atoms with E-state index in [1.807, 2.05) is 0 Å². The highest BCUT2D eigenvalue weighted by Crippen LogP contribution is 2.01. The predicted octanol–water partition coefficient (Wildman–Crippen LogP) is 1.89. The van der Waals surface area contributed by atoms with Crippen LogP contribution in [0, 0.1) is 0 Å². The summed E-state index contributed by atoms with van der Waals surface area (Å²) in [5, 5.41) is 9.45. The normalized spacial score (nSPS) is 21.4. The lowest BCUT2D eigenvalue weighted by Crippen LogP contribution is -2.02. The summed E-state index contributed by atoms with van der Waals surface area (Å²) in [6.07, 6.45) is -0.0670. The molecule has 9 heavy (non-hydrogen) atoms. The minimum absolute atomic E-state index is 0.543. The first kappa shape index (κ1) is 3.02. The Morgan fingerprint density at radius 3 is 2.89 bits per heavy atom. The number of hydrogen-bond donors (Lipinski definition) is 1. The summed E-state index contributed by atoms with van der Waals surface area (Å²) in [5.41, 5.74) is 0.194.